The summed E-state index contributed by atoms with van der Waals surface area (Å²) in [7, 11) is -0.688. The molecule has 1 aliphatic rings. The molecule has 7 nitrogen and oxygen atoms in total. The molecule has 0 saturated carbocycles. The highest BCUT2D eigenvalue weighted by Gasteiger charge is 2.16. The van der Waals surface area contributed by atoms with Gasteiger partial charge < -0.3 is 10.4 Å². The molecule has 5 rings (SSSR count). The number of rotatable bonds is 5. The lowest BCUT2D eigenvalue weighted by Gasteiger charge is -2.26. The Bertz CT molecular complexity index is 1270. The fourth-order valence-electron chi connectivity index (χ4n) is 3.81. The molecule has 4 aromatic rings. The molecule has 1 fully saturated rings. The Balaban J connectivity index is 1.54. The van der Waals surface area contributed by atoms with E-state index >= 15 is 0 Å². The molecule has 0 aliphatic carbocycles. The molecule has 0 bridgehead atoms. The van der Waals surface area contributed by atoms with E-state index in [2.05, 4.69) is 27.3 Å². The number of nitrogens with zero attached hydrogens (tertiary/aromatic N) is 4. The van der Waals surface area contributed by atoms with Gasteiger partial charge in [0.15, 0.2) is 5.82 Å². The van der Waals surface area contributed by atoms with Gasteiger partial charge in [0.1, 0.15) is 11.6 Å². The van der Waals surface area contributed by atoms with Gasteiger partial charge in [-0.25, -0.2) is 9.97 Å². The maximum absolute atomic E-state index is 11.7. The minimum Gasteiger partial charge on any atom is -0.508 e. The van der Waals surface area contributed by atoms with Crippen LogP contribution in [-0.4, -0.2) is 53.8 Å². The number of nitrogens with one attached hydrogen (secondary N) is 1. The molecule has 8 heteroatoms. The van der Waals surface area contributed by atoms with Crippen LogP contribution >= 0.6 is 0 Å². The average molecular weight is 446 g/mol. The van der Waals surface area contributed by atoms with E-state index in [1.807, 2.05) is 24.3 Å². The van der Waals surface area contributed by atoms with Crippen molar-refractivity contribution in [2.45, 2.75) is 6.54 Å². The zero-order valence-corrected chi connectivity index (χ0v) is 18.3. The van der Waals surface area contributed by atoms with Crippen LogP contribution in [0.4, 0.5) is 11.5 Å². The first-order chi connectivity index (χ1) is 15.6. The minimum atomic E-state index is -0.688. The van der Waals surface area contributed by atoms with Crippen molar-refractivity contribution in [2.75, 3.05) is 29.9 Å². The molecule has 3 heterocycles. The topological polar surface area (TPSA) is 91.2 Å². The van der Waals surface area contributed by atoms with Crippen molar-refractivity contribution in [3.63, 3.8) is 0 Å². The Hall–Kier alpha value is -3.36. The van der Waals surface area contributed by atoms with E-state index in [-0.39, 0.29) is 5.75 Å². The van der Waals surface area contributed by atoms with E-state index in [0.717, 1.165) is 58.9 Å². The van der Waals surface area contributed by atoms with Gasteiger partial charge in [0, 0.05) is 77.0 Å². The molecule has 2 aromatic heterocycles. The maximum atomic E-state index is 11.7. The van der Waals surface area contributed by atoms with Gasteiger partial charge in [0.2, 0.25) is 0 Å². The second-order valence-corrected chi connectivity index (χ2v) is 9.48. The number of pyridine rings is 1. The van der Waals surface area contributed by atoms with Gasteiger partial charge in [0.25, 0.3) is 0 Å². The first kappa shape index (κ1) is 20.5. The molecule has 0 atom stereocenters. The number of hydrogen-bond donors (Lipinski definition) is 2. The minimum absolute atomic E-state index is 0.184. The Morgan fingerprint density at radius 2 is 1.91 bits per heavy atom. The van der Waals surface area contributed by atoms with Gasteiger partial charge in [-0.1, -0.05) is 12.1 Å². The molecule has 1 saturated heterocycles. The largest absolute Gasteiger partial charge is 0.508 e. The third-order valence-electron chi connectivity index (χ3n) is 5.47. The molecular weight excluding hydrogens is 422 g/mol. The Morgan fingerprint density at radius 1 is 1.03 bits per heavy atom. The van der Waals surface area contributed by atoms with Crippen LogP contribution in [0.1, 0.15) is 5.56 Å². The van der Waals surface area contributed by atoms with Gasteiger partial charge in [-0.15, -0.1) is 0 Å². The first-order valence-electron chi connectivity index (χ1n) is 10.5. The number of anilines is 2. The van der Waals surface area contributed by atoms with Crippen molar-refractivity contribution in [3.8, 4) is 17.1 Å². The summed E-state index contributed by atoms with van der Waals surface area (Å²) in [5.74, 6) is 2.90. The third kappa shape index (κ3) is 4.61. The van der Waals surface area contributed by atoms with Crippen LogP contribution in [0, 0.1) is 0 Å². The summed E-state index contributed by atoms with van der Waals surface area (Å²) in [6.07, 6.45) is 3.47. The lowest BCUT2D eigenvalue weighted by molar-refractivity contribution is 0.291. The summed E-state index contributed by atoms with van der Waals surface area (Å²) in [5.41, 5.74) is 3.55. The van der Waals surface area contributed by atoms with Crippen molar-refractivity contribution < 1.29 is 9.32 Å². The number of hydrogen-bond acceptors (Lipinski definition) is 7. The molecule has 0 radical (unpaired) electrons. The summed E-state index contributed by atoms with van der Waals surface area (Å²) < 4.78 is 11.7. The molecular formula is C24H23N5O2S. The SMILES string of the molecule is O=S1CCN(Cc2ccc3nc(-c4cccnc4)nc(Nc4cccc(O)c4)c3c2)CC1. The number of benzene rings is 2. The molecule has 0 spiro atoms. The molecule has 1 aliphatic heterocycles. The van der Waals surface area contributed by atoms with Crippen molar-refractivity contribution in [3.05, 3.63) is 72.6 Å². The van der Waals surface area contributed by atoms with E-state index in [1.54, 1.807) is 30.6 Å². The summed E-state index contributed by atoms with van der Waals surface area (Å²) in [6, 6.07) is 17.0. The quantitative estimate of drug-likeness (QED) is 0.484. The van der Waals surface area contributed by atoms with Gasteiger partial charge in [-0.2, -0.15) is 0 Å². The number of fused-ring (bicyclic) bond motifs is 1. The summed E-state index contributed by atoms with van der Waals surface area (Å²) in [6.45, 7) is 2.48. The first-order valence-corrected chi connectivity index (χ1v) is 12.0. The van der Waals surface area contributed by atoms with Crippen molar-refractivity contribution in [1.82, 2.24) is 19.9 Å². The summed E-state index contributed by atoms with van der Waals surface area (Å²) in [5, 5.41) is 14.1. The van der Waals surface area contributed by atoms with Crippen molar-refractivity contribution in [2.24, 2.45) is 0 Å². The molecule has 32 heavy (non-hydrogen) atoms. The smallest absolute Gasteiger partial charge is 0.163 e. The lowest BCUT2D eigenvalue weighted by atomic mass is 10.1. The Morgan fingerprint density at radius 3 is 2.69 bits per heavy atom. The van der Waals surface area contributed by atoms with Gasteiger partial charge in [-0.05, 0) is 42.0 Å². The molecule has 2 N–H and O–H groups in total. The van der Waals surface area contributed by atoms with Crippen molar-refractivity contribution >= 4 is 33.2 Å². The number of phenolic OH excluding ortho intramolecular Hbond substituents is 1. The fraction of sp³-hybridized carbons (Fsp3) is 0.208. The van der Waals surface area contributed by atoms with E-state index in [4.69, 9.17) is 9.97 Å². The highest BCUT2D eigenvalue weighted by atomic mass is 32.2. The van der Waals surface area contributed by atoms with E-state index in [0.29, 0.717) is 11.6 Å². The second-order valence-electron chi connectivity index (χ2n) is 7.79. The molecule has 0 unspecified atom stereocenters. The van der Waals surface area contributed by atoms with Crippen LogP contribution in [-0.2, 0) is 17.3 Å². The monoisotopic (exact) mass is 445 g/mol. The zero-order chi connectivity index (χ0) is 21.9. The van der Waals surface area contributed by atoms with Gasteiger partial charge in [0.05, 0.1) is 5.52 Å². The van der Waals surface area contributed by atoms with Crippen LogP contribution in [0.2, 0.25) is 0 Å². The number of aromatic nitrogens is 3. The standard InChI is InChI=1S/C24H23N5O2S/c30-20-5-1-4-19(14-20)26-24-21-13-17(16-29-9-11-32(31)12-10-29)6-7-22(21)27-23(28-24)18-3-2-8-25-15-18/h1-8,13-15,30H,9-12,16H2,(H,26,27,28). The number of phenols is 1. The maximum Gasteiger partial charge on any atom is 0.163 e. The second kappa shape index (κ2) is 9.02. The fourth-order valence-corrected chi connectivity index (χ4v) is 4.93. The van der Waals surface area contributed by atoms with Crippen LogP contribution in [0.25, 0.3) is 22.3 Å². The van der Waals surface area contributed by atoms with Crippen LogP contribution in [0.15, 0.2) is 67.0 Å². The highest BCUT2D eigenvalue weighted by molar-refractivity contribution is 7.85. The molecule has 0 amide bonds. The third-order valence-corrected chi connectivity index (χ3v) is 6.74. The highest BCUT2D eigenvalue weighted by Crippen LogP contribution is 2.29. The average Bonchev–Trinajstić information content (AvgIpc) is 2.81. The molecule has 162 valence electrons. The lowest BCUT2D eigenvalue weighted by Crippen LogP contribution is -2.37. The summed E-state index contributed by atoms with van der Waals surface area (Å²) >= 11 is 0. The van der Waals surface area contributed by atoms with Crippen LogP contribution < -0.4 is 5.32 Å². The van der Waals surface area contributed by atoms with Crippen LogP contribution in [0.5, 0.6) is 5.75 Å². The van der Waals surface area contributed by atoms with E-state index in [9.17, 15) is 9.32 Å². The van der Waals surface area contributed by atoms with Gasteiger partial charge in [-0.3, -0.25) is 14.1 Å². The van der Waals surface area contributed by atoms with Crippen LogP contribution in [0.3, 0.4) is 0 Å². The predicted molar refractivity (Wildman–Crippen MR) is 127 cm³/mol. The number of aromatic hydroxyl groups is 1. The van der Waals surface area contributed by atoms with Crippen molar-refractivity contribution in [1.29, 1.82) is 0 Å². The Labute approximate surface area is 188 Å². The normalized spacial score (nSPS) is 15.1. The predicted octanol–water partition coefficient (Wildman–Crippen LogP) is 3.71. The Kier molecular flexibility index (Phi) is 5.79. The van der Waals surface area contributed by atoms with Gasteiger partial charge >= 0.3 is 0 Å². The van der Waals surface area contributed by atoms with E-state index in [1.165, 1.54) is 0 Å². The summed E-state index contributed by atoms with van der Waals surface area (Å²) in [4.78, 5) is 16.1. The van der Waals surface area contributed by atoms with E-state index < -0.39 is 10.8 Å². The molecule has 2 aromatic carbocycles. The zero-order valence-electron chi connectivity index (χ0n) is 17.4.